The highest BCUT2D eigenvalue weighted by Crippen LogP contribution is 2.33. The molecule has 124 valence electrons. The van der Waals surface area contributed by atoms with Crippen LogP contribution < -0.4 is 0 Å². The zero-order valence-corrected chi connectivity index (χ0v) is 13.9. The van der Waals surface area contributed by atoms with Gasteiger partial charge in [0.2, 0.25) is 10.0 Å². The Balaban J connectivity index is 2.23. The minimum atomic E-state index is -3.65. The van der Waals surface area contributed by atoms with Crippen molar-refractivity contribution in [2.24, 2.45) is 11.8 Å². The molecule has 0 amide bonds. The van der Waals surface area contributed by atoms with Gasteiger partial charge < -0.3 is 9.63 Å². The highest BCUT2D eigenvalue weighted by Gasteiger charge is 2.38. The van der Waals surface area contributed by atoms with E-state index in [-0.39, 0.29) is 23.2 Å². The van der Waals surface area contributed by atoms with Gasteiger partial charge in [0, 0.05) is 19.5 Å². The van der Waals surface area contributed by atoms with Gasteiger partial charge in [0.15, 0.2) is 5.76 Å². The Morgan fingerprint density at radius 1 is 1.41 bits per heavy atom. The van der Waals surface area contributed by atoms with Gasteiger partial charge in [-0.25, -0.2) is 8.42 Å². The normalized spacial score (nSPS) is 23.6. The molecule has 1 aromatic heterocycles. The third kappa shape index (κ3) is 3.17. The molecule has 0 spiro atoms. The summed E-state index contributed by atoms with van der Waals surface area (Å²) < 4.78 is 32.0. The van der Waals surface area contributed by atoms with Crippen LogP contribution in [0.1, 0.15) is 37.6 Å². The van der Waals surface area contributed by atoms with E-state index >= 15 is 0 Å². The van der Waals surface area contributed by atoms with Crippen molar-refractivity contribution >= 4 is 16.0 Å². The number of carboxylic acid groups (broad SMARTS) is 1. The minimum Gasteiger partial charge on any atom is -0.481 e. The summed E-state index contributed by atoms with van der Waals surface area (Å²) >= 11 is 0. The Kier molecular flexibility index (Phi) is 4.91. The van der Waals surface area contributed by atoms with Crippen LogP contribution >= 0.6 is 0 Å². The highest BCUT2D eigenvalue weighted by atomic mass is 32.2. The molecule has 0 aliphatic carbocycles. The molecule has 1 aliphatic rings. The largest absolute Gasteiger partial charge is 0.481 e. The van der Waals surface area contributed by atoms with E-state index in [2.05, 4.69) is 5.16 Å². The molecule has 1 fully saturated rings. The fourth-order valence-electron chi connectivity index (χ4n) is 3.19. The van der Waals surface area contributed by atoms with Crippen molar-refractivity contribution in [1.29, 1.82) is 0 Å². The minimum absolute atomic E-state index is 0.0265. The number of rotatable bonds is 5. The lowest BCUT2D eigenvalue weighted by Crippen LogP contribution is -2.44. The van der Waals surface area contributed by atoms with E-state index in [1.54, 1.807) is 13.8 Å². The number of piperidine rings is 1. The first-order valence-corrected chi connectivity index (χ1v) is 8.86. The fourth-order valence-corrected chi connectivity index (χ4v) is 5.00. The molecule has 2 atom stereocenters. The Labute approximate surface area is 130 Å². The smallest absolute Gasteiger partial charge is 0.303 e. The SMILES string of the molecule is CCC1CN(S(=O)(=O)c2c(C)noc2C)CCC1CC(=O)O. The molecule has 2 rings (SSSR count). The van der Waals surface area contributed by atoms with Crippen molar-refractivity contribution < 1.29 is 22.8 Å². The molecule has 8 heteroatoms. The van der Waals surface area contributed by atoms with Crippen molar-refractivity contribution in [1.82, 2.24) is 9.46 Å². The number of carboxylic acids is 1. The maximum Gasteiger partial charge on any atom is 0.303 e. The summed E-state index contributed by atoms with van der Waals surface area (Å²) in [4.78, 5) is 11.1. The quantitative estimate of drug-likeness (QED) is 0.883. The molecule has 1 N–H and O–H groups in total. The highest BCUT2D eigenvalue weighted by molar-refractivity contribution is 7.89. The van der Waals surface area contributed by atoms with Crippen LogP contribution in [0.15, 0.2) is 9.42 Å². The number of sulfonamides is 1. The van der Waals surface area contributed by atoms with Crippen molar-refractivity contribution in [2.75, 3.05) is 13.1 Å². The van der Waals surface area contributed by atoms with Gasteiger partial charge in [0.05, 0.1) is 0 Å². The van der Waals surface area contributed by atoms with Crippen LogP contribution in [-0.4, -0.2) is 42.0 Å². The van der Waals surface area contributed by atoms with E-state index in [1.165, 1.54) is 4.31 Å². The lowest BCUT2D eigenvalue weighted by Gasteiger charge is -2.36. The van der Waals surface area contributed by atoms with Gasteiger partial charge in [-0.3, -0.25) is 4.79 Å². The molecule has 7 nitrogen and oxygen atoms in total. The first-order valence-electron chi connectivity index (χ1n) is 7.42. The molecule has 0 aromatic carbocycles. The van der Waals surface area contributed by atoms with E-state index < -0.39 is 16.0 Å². The summed E-state index contributed by atoms with van der Waals surface area (Å²) in [5.74, 6) is -0.456. The van der Waals surface area contributed by atoms with Gasteiger partial charge in [-0.15, -0.1) is 0 Å². The Morgan fingerprint density at radius 3 is 2.59 bits per heavy atom. The topological polar surface area (TPSA) is 101 Å². The van der Waals surface area contributed by atoms with E-state index in [9.17, 15) is 13.2 Å². The van der Waals surface area contributed by atoms with Crippen molar-refractivity contribution in [3.05, 3.63) is 11.5 Å². The number of carbonyl (C=O) groups is 1. The van der Waals surface area contributed by atoms with Gasteiger partial charge in [0.1, 0.15) is 10.6 Å². The monoisotopic (exact) mass is 330 g/mol. The molecule has 2 unspecified atom stereocenters. The number of aryl methyl sites for hydroxylation is 2. The van der Waals surface area contributed by atoms with Crippen molar-refractivity contribution in [3.63, 3.8) is 0 Å². The molecular weight excluding hydrogens is 308 g/mol. The number of hydrogen-bond donors (Lipinski definition) is 1. The van der Waals surface area contributed by atoms with E-state index in [1.807, 2.05) is 6.92 Å². The van der Waals surface area contributed by atoms with E-state index in [0.29, 0.717) is 31.0 Å². The maximum atomic E-state index is 12.8. The number of hydrogen-bond acceptors (Lipinski definition) is 5. The van der Waals surface area contributed by atoms with Crippen LogP contribution in [0.3, 0.4) is 0 Å². The third-order valence-corrected chi connectivity index (χ3v) is 6.49. The number of aliphatic carboxylic acids is 1. The lowest BCUT2D eigenvalue weighted by atomic mass is 9.82. The summed E-state index contributed by atoms with van der Waals surface area (Å²) in [6.45, 7) is 5.84. The summed E-state index contributed by atoms with van der Waals surface area (Å²) in [5, 5.41) is 12.7. The summed E-state index contributed by atoms with van der Waals surface area (Å²) in [7, 11) is -3.65. The van der Waals surface area contributed by atoms with Crippen molar-refractivity contribution in [2.45, 2.75) is 44.9 Å². The second-order valence-electron chi connectivity index (χ2n) is 5.83. The van der Waals surface area contributed by atoms with Crippen LogP contribution in [0.5, 0.6) is 0 Å². The van der Waals surface area contributed by atoms with Crippen LogP contribution in [0, 0.1) is 25.7 Å². The average molecular weight is 330 g/mol. The molecule has 1 aliphatic heterocycles. The first-order chi connectivity index (χ1) is 10.3. The van der Waals surface area contributed by atoms with E-state index in [0.717, 1.165) is 6.42 Å². The first kappa shape index (κ1) is 17.0. The maximum absolute atomic E-state index is 12.8. The number of aromatic nitrogens is 1. The standard InChI is InChI=1S/C14H22N2O5S/c1-4-11-8-16(6-5-12(11)7-13(17)18)22(19,20)14-9(2)15-21-10(14)3/h11-12H,4-8H2,1-3H3,(H,17,18). The van der Waals surface area contributed by atoms with Crippen LogP contribution in [-0.2, 0) is 14.8 Å². The van der Waals surface area contributed by atoms with Crippen LogP contribution in [0.25, 0.3) is 0 Å². The molecule has 1 aromatic rings. The zero-order valence-electron chi connectivity index (χ0n) is 13.1. The average Bonchev–Trinajstić information content (AvgIpc) is 2.78. The molecule has 2 heterocycles. The summed E-state index contributed by atoms with van der Waals surface area (Å²) in [6.07, 6.45) is 1.41. The van der Waals surface area contributed by atoms with Gasteiger partial charge >= 0.3 is 5.97 Å². The molecule has 1 saturated heterocycles. The molecule has 0 bridgehead atoms. The van der Waals surface area contributed by atoms with Crippen LogP contribution in [0.4, 0.5) is 0 Å². The van der Waals surface area contributed by atoms with Gasteiger partial charge in [-0.1, -0.05) is 18.5 Å². The van der Waals surface area contributed by atoms with E-state index in [4.69, 9.17) is 9.63 Å². The predicted octanol–water partition coefficient (Wildman–Crippen LogP) is 1.80. The summed E-state index contributed by atoms with van der Waals surface area (Å²) in [5.41, 5.74) is 0.359. The van der Waals surface area contributed by atoms with Gasteiger partial charge in [0.25, 0.3) is 0 Å². The van der Waals surface area contributed by atoms with Crippen molar-refractivity contribution in [3.8, 4) is 0 Å². The predicted molar refractivity (Wildman–Crippen MR) is 78.9 cm³/mol. The molecule has 0 radical (unpaired) electrons. The number of nitrogens with zero attached hydrogens (tertiary/aromatic N) is 2. The fraction of sp³-hybridized carbons (Fsp3) is 0.714. The lowest BCUT2D eigenvalue weighted by molar-refractivity contribution is -0.138. The van der Waals surface area contributed by atoms with Gasteiger partial charge in [-0.2, -0.15) is 4.31 Å². The Hall–Kier alpha value is -1.41. The third-order valence-electron chi connectivity index (χ3n) is 4.38. The Bertz CT molecular complexity index is 633. The second kappa shape index (κ2) is 6.37. The second-order valence-corrected chi connectivity index (χ2v) is 7.71. The zero-order chi connectivity index (χ0) is 16.5. The summed E-state index contributed by atoms with van der Waals surface area (Å²) in [6, 6.07) is 0. The Morgan fingerprint density at radius 2 is 2.09 bits per heavy atom. The molecular formula is C14H22N2O5S. The molecule has 22 heavy (non-hydrogen) atoms. The van der Waals surface area contributed by atoms with Gasteiger partial charge in [-0.05, 0) is 32.1 Å². The van der Waals surface area contributed by atoms with Crippen LogP contribution in [0.2, 0.25) is 0 Å². The molecule has 0 saturated carbocycles.